The van der Waals surface area contributed by atoms with E-state index in [1.165, 1.54) is 13.8 Å². The van der Waals surface area contributed by atoms with Gasteiger partial charge in [0, 0.05) is 15.7 Å². The number of rotatable bonds is 4. The van der Waals surface area contributed by atoms with Crippen LogP contribution in [0.4, 0.5) is 11.4 Å². The van der Waals surface area contributed by atoms with E-state index in [1.54, 1.807) is 42.5 Å². The summed E-state index contributed by atoms with van der Waals surface area (Å²) in [7, 11) is 0. The Hall–Kier alpha value is -1.75. The molecule has 0 aliphatic heterocycles. The Morgan fingerprint density at radius 2 is 1.42 bits per heavy atom. The van der Waals surface area contributed by atoms with Gasteiger partial charge in [0.25, 0.3) is 0 Å². The Balaban J connectivity index is 2.14. The third-order valence-electron chi connectivity index (χ3n) is 3.38. The van der Waals surface area contributed by atoms with Crippen molar-refractivity contribution in [2.45, 2.75) is 13.8 Å². The van der Waals surface area contributed by atoms with Gasteiger partial charge in [0.1, 0.15) is 5.41 Å². The van der Waals surface area contributed by atoms with Crippen LogP contribution in [0.3, 0.4) is 0 Å². The van der Waals surface area contributed by atoms with E-state index in [9.17, 15) is 9.59 Å². The molecule has 4 nitrogen and oxygen atoms in total. The number of hydrogen-bond donors (Lipinski definition) is 2. The van der Waals surface area contributed by atoms with Crippen LogP contribution in [0.1, 0.15) is 13.8 Å². The third kappa shape index (κ3) is 4.41. The fourth-order valence-electron chi connectivity index (χ4n) is 1.86. The van der Waals surface area contributed by atoms with Crippen molar-refractivity contribution in [3.05, 3.63) is 57.5 Å². The van der Waals surface area contributed by atoms with Crippen LogP contribution in [0.5, 0.6) is 0 Å². The van der Waals surface area contributed by atoms with E-state index < -0.39 is 17.2 Å². The molecule has 2 amide bonds. The topological polar surface area (TPSA) is 58.2 Å². The summed E-state index contributed by atoms with van der Waals surface area (Å²) < 4.78 is 0. The molecule has 2 rings (SSSR count). The molecule has 0 unspecified atom stereocenters. The lowest BCUT2D eigenvalue weighted by Gasteiger charge is -2.23. The van der Waals surface area contributed by atoms with E-state index in [0.717, 1.165) is 0 Å². The number of anilines is 2. The lowest BCUT2D eigenvalue weighted by atomic mass is 9.90. The van der Waals surface area contributed by atoms with Gasteiger partial charge >= 0.3 is 0 Å². The van der Waals surface area contributed by atoms with Crippen LogP contribution in [-0.2, 0) is 9.59 Å². The Morgan fingerprint density at radius 1 is 0.875 bits per heavy atom. The van der Waals surface area contributed by atoms with Gasteiger partial charge in [0.05, 0.1) is 10.7 Å². The van der Waals surface area contributed by atoms with E-state index >= 15 is 0 Å². The van der Waals surface area contributed by atoms with Crippen molar-refractivity contribution in [1.82, 2.24) is 0 Å². The number of amides is 2. The lowest BCUT2D eigenvalue weighted by molar-refractivity contribution is -0.135. The van der Waals surface area contributed by atoms with Crippen molar-refractivity contribution in [3.8, 4) is 0 Å². The molecular weight excluding hydrogens is 371 g/mol. The second kappa shape index (κ2) is 7.43. The Bertz CT molecular complexity index is 771. The van der Waals surface area contributed by atoms with E-state index in [0.29, 0.717) is 26.4 Å². The molecule has 2 aromatic carbocycles. The van der Waals surface area contributed by atoms with Crippen molar-refractivity contribution >= 4 is 58.0 Å². The Kier molecular flexibility index (Phi) is 5.75. The van der Waals surface area contributed by atoms with Crippen molar-refractivity contribution in [2.75, 3.05) is 10.6 Å². The maximum Gasteiger partial charge on any atom is 0.239 e. The summed E-state index contributed by atoms with van der Waals surface area (Å²) >= 11 is 17.8. The summed E-state index contributed by atoms with van der Waals surface area (Å²) in [5.74, 6) is -0.980. The van der Waals surface area contributed by atoms with Crippen LogP contribution in [-0.4, -0.2) is 11.8 Å². The van der Waals surface area contributed by atoms with Crippen molar-refractivity contribution in [3.63, 3.8) is 0 Å². The van der Waals surface area contributed by atoms with Crippen LogP contribution in [0.15, 0.2) is 42.5 Å². The fraction of sp³-hybridized carbons (Fsp3) is 0.176. The monoisotopic (exact) mass is 384 g/mol. The van der Waals surface area contributed by atoms with Crippen LogP contribution >= 0.6 is 34.8 Å². The molecule has 0 heterocycles. The Morgan fingerprint density at radius 3 is 2.00 bits per heavy atom. The standard InChI is InChI=1S/C17H15Cl3N2O2/c1-17(2,16(24)22-14-6-4-3-5-13(14)20)15(23)21-12-8-10(18)7-11(19)9-12/h3-9H,1-2H3,(H,21,23)(H,22,24). The van der Waals surface area contributed by atoms with Gasteiger partial charge in [0.2, 0.25) is 11.8 Å². The fourth-order valence-corrected chi connectivity index (χ4v) is 2.57. The predicted octanol–water partition coefficient (Wildman–Crippen LogP) is 5.25. The summed E-state index contributed by atoms with van der Waals surface area (Å²) in [6.45, 7) is 3.03. The van der Waals surface area contributed by atoms with Crippen molar-refractivity contribution in [1.29, 1.82) is 0 Å². The summed E-state index contributed by atoms with van der Waals surface area (Å²) in [6, 6.07) is 11.4. The summed E-state index contributed by atoms with van der Waals surface area (Å²) in [5, 5.41) is 6.46. The van der Waals surface area contributed by atoms with Gasteiger partial charge in [-0.05, 0) is 44.2 Å². The highest BCUT2D eigenvalue weighted by Crippen LogP contribution is 2.27. The molecule has 0 spiro atoms. The van der Waals surface area contributed by atoms with Crippen molar-refractivity contribution < 1.29 is 9.59 Å². The maximum atomic E-state index is 12.5. The molecule has 0 fully saturated rings. The normalized spacial score (nSPS) is 11.0. The van der Waals surface area contributed by atoms with Crippen LogP contribution in [0, 0.1) is 5.41 Å². The summed E-state index contributed by atoms with van der Waals surface area (Å²) in [4.78, 5) is 25.0. The molecule has 0 saturated heterocycles. The number of hydrogen-bond acceptors (Lipinski definition) is 2. The highest BCUT2D eigenvalue weighted by atomic mass is 35.5. The number of halogens is 3. The minimum absolute atomic E-state index is 0.385. The average molecular weight is 386 g/mol. The van der Waals surface area contributed by atoms with Crippen molar-refractivity contribution in [2.24, 2.45) is 5.41 Å². The molecule has 0 radical (unpaired) electrons. The molecule has 0 aliphatic rings. The zero-order valence-corrected chi connectivity index (χ0v) is 15.3. The molecule has 2 N–H and O–H groups in total. The molecule has 0 aliphatic carbocycles. The lowest BCUT2D eigenvalue weighted by Crippen LogP contribution is -2.41. The van der Waals surface area contributed by atoms with E-state index in [1.807, 2.05) is 0 Å². The smallest absolute Gasteiger partial charge is 0.239 e. The largest absolute Gasteiger partial charge is 0.325 e. The number of carbonyl (C=O) groups is 2. The molecular formula is C17H15Cl3N2O2. The molecule has 24 heavy (non-hydrogen) atoms. The molecule has 126 valence electrons. The molecule has 0 atom stereocenters. The van der Waals surface area contributed by atoms with E-state index in [4.69, 9.17) is 34.8 Å². The van der Waals surface area contributed by atoms with E-state index in [2.05, 4.69) is 10.6 Å². The quantitative estimate of drug-likeness (QED) is 0.706. The SMILES string of the molecule is CC(C)(C(=O)Nc1cc(Cl)cc(Cl)c1)C(=O)Nc1ccccc1Cl. The minimum Gasteiger partial charge on any atom is -0.325 e. The van der Waals surface area contributed by atoms with Gasteiger partial charge in [-0.1, -0.05) is 46.9 Å². The molecule has 7 heteroatoms. The highest BCUT2D eigenvalue weighted by molar-refractivity contribution is 6.35. The first kappa shape index (κ1) is 18.6. The third-order valence-corrected chi connectivity index (χ3v) is 4.14. The molecule has 0 aromatic heterocycles. The molecule has 0 bridgehead atoms. The van der Waals surface area contributed by atoms with E-state index in [-0.39, 0.29) is 0 Å². The second-order valence-electron chi connectivity index (χ2n) is 5.67. The average Bonchev–Trinajstić information content (AvgIpc) is 2.48. The first-order chi connectivity index (χ1) is 11.2. The molecule has 0 saturated carbocycles. The Labute approximate surface area is 155 Å². The number of para-hydroxylation sites is 1. The van der Waals surface area contributed by atoms with Gasteiger partial charge < -0.3 is 10.6 Å². The van der Waals surface area contributed by atoms with Crippen LogP contribution in [0.2, 0.25) is 15.1 Å². The van der Waals surface area contributed by atoms with Crippen LogP contribution < -0.4 is 10.6 Å². The van der Waals surface area contributed by atoms with Crippen LogP contribution in [0.25, 0.3) is 0 Å². The zero-order chi connectivity index (χ0) is 17.9. The van der Waals surface area contributed by atoms with Gasteiger partial charge in [-0.3, -0.25) is 9.59 Å². The first-order valence-corrected chi connectivity index (χ1v) is 8.17. The predicted molar refractivity (Wildman–Crippen MR) is 99.0 cm³/mol. The first-order valence-electron chi connectivity index (χ1n) is 7.03. The second-order valence-corrected chi connectivity index (χ2v) is 6.95. The van der Waals surface area contributed by atoms with Gasteiger partial charge in [-0.2, -0.15) is 0 Å². The molecule has 2 aromatic rings. The zero-order valence-electron chi connectivity index (χ0n) is 13.0. The maximum absolute atomic E-state index is 12.5. The summed E-state index contributed by atoms with van der Waals surface area (Å²) in [5.41, 5.74) is -0.486. The van der Waals surface area contributed by atoms with Gasteiger partial charge in [-0.15, -0.1) is 0 Å². The summed E-state index contributed by atoms with van der Waals surface area (Å²) in [6.07, 6.45) is 0. The number of carbonyl (C=O) groups excluding carboxylic acids is 2. The minimum atomic E-state index is -1.34. The highest BCUT2D eigenvalue weighted by Gasteiger charge is 2.36. The number of benzene rings is 2. The van der Waals surface area contributed by atoms with Gasteiger partial charge in [0.15, 0.2) is 0 Å². The van der Waals surface area contributed by atoms with Gasteiger partial charge in [-0.25, -0.2) is 0 Å². The number of nitrogens with one attached hydrogen (secondary N) is 2.